The minimum absolute atomic E-state index is 0.0304. The normalized spacial score (nSPS) is 19.4. The summed E-state index contributed by atoms with van der Waals surface area (Å²) in [6.45, 7) is -0.611. The molecule has 1 fully saturated rings. The highest BCUT2D eigenvalue weighted by molar-refractivity contribution is 5.77. The first-order valence-electron chi connectivity index (χ1n) is 5.82. The second-order valence-corrected chi connectivity index (χ2v) is 4.67. The molecule has 0 amide bonds. The Morgan fingerprint density at radius 3 is 2.39 bits per heavy atom. The number of ether oxygens (including phenoxy) is 2. The number of nitrogens with two attached hydrogens (primary N) is 1. The van der Waals surface area contributed by atoms with Crippen LogP contribution in [-0.4, -0.2) is 32.6 Å². The molecular formula is C11H18F3NO3. The van der Waals surface area contributed by atoms with Crippen molar-refractivity contribution in [3.8, 4) is 0 Å². The molecule has 1 rings (SSSR count). The molecule has 0 bridgehead atoms. The number of carbonyl (C=O) groups is 1. The molecule has 0 spiro atoms. The molecule has 1 atom stereocenters. The van der Waals surface area contributed by atoms with Crippen molar-refractivity contribution >= 4 is 5.97 Å². The summed E-state index contributed by atoms with van der Waals surface area (Å²) in [4.78, 5) is 11.7. The molecule has 0 aliphatic heterocycles. The van der Waals surface area contributed by atoms with E-state index in [1.807, 2.05) is 0 Å². The molecule has 1 aliphatic carbocycles. The predicted molar refractivity (Wildman–Crippen MR) is 57.5 cm³/mol. The van der Waals surface area contributed by atoms with Crippen molar-refractivity contribution in [2.75, 3.05) is 20.3 Å². The fourth-order valence-electron chi connectivity index (χ4n) is 2.01. The minimum atomic E-state index is -4.68. The zero-order valence-corrected chi connectivity index (χ0v) is 10.3. The largest absolute Gasteiger partial charge is 0.522 e. The Kier molecular flexibility index (Phi) is 4.98. The van der Waals surface area contributed by atoms with Crippen LogP contribution < -0.4 is 5.73 Å². The molecule has 1 aliphatic rings. The van der Waals surface area contributed by atoms with E-state index in [-0.39, 0.29) is 13.0 Å². The molecule has 0 heterocycles. The molecule has 1 saturated carbocycles. The van der Waals surface area contributed by atoms with Crippen LogP contribution in [0.25, 0.3) is 0 Å². The highest BCUT2D eigenvalue weighted by Crippen LogP contribution is 2.42. The Morgan fingerprint density at radius 1 is 1.39 bits per heavy atom. The molecule has 0 radical (unpaired) electrons. The van der Waals surface area contributed by atoms with E-state index < -0.39 is 24.4 Å². The summed E-state index contributed by atoms with van der Waals surface area (Å²) in [5, 5.41) is 0. The fourth-order valence-corrected chi connectivity index (χ4v) is 2.01. The second kappa shape index (κ2) is 5.88. The number of hydrogen-bond donors (Lipinski definition) is 1. The number of alkyl halides is 3. The maximum Gasteiger partial charge on any atom is 0.522 e. The molecule has 1 unspecified atom stereocenters. The fraction of sp³-hybridized carbons (Fsp3) is 0.909. The molecule has 106 valence electrons. The topological polar surface area (TPSA) is 61.5 Å². The zero-order chi connectivity index (χ0) is 13.8. The first kappa shape index (κ1) is 15.2. The molecule has 18 heavy (non-hydrogen) atoms. The van der Waals surface area contributed by atoms with Gasteiger partial charge in [-0.3, -0.25) is 9.53 Å². The summed E-state index contributed by atoms with van der Waals surface area (Å²) >= 11 is 0. The van der Waals surface area contributed by atoms with Crippen molar-refractivity contribution in [1.29, 1.82) is 0 Å². The van der Waals surface area contributed by atoms with E-state index in [0.717, 1.165) is 12.8 Å². The van der Waals surface area contributed by atoms with Gasteiger partial charge in [-0.15, -0.1) is 13.2 Å². The summed E-state index contributed by atoms with van der Waals surface area (Å²) < 4.78 is 44.2. The van der Waals surface area contributed by atoms with Crippen LogP contribution in [0.5, 0.6) is 0 Å². The Hall–Kier alpha value is -0.820. The third kappa shape index (κ3) is 4.45. The first-order valence-corrected chi connectivity index (χ1v) is 5.82. The average molecular weight is 269 g/mol. The summed E-state index contributed by atoms with van der Waals surface area (Å²) in [5.41, 5.74) is 4.52. The summed E-state index contributed by atoms with van der Waals surface area (Å²) in [7, 11) is 1.21. The van der Waals surface area contributed by atoms with Crippen LogP contribution in [0.4, 0.5) is 13.2 Å². The van der Waals surface area contributed by atoms with Crippen molar-refractivity contribution in [1.82, 2.24) is 0 Å². The van der Waals surface area contributed by atoms with Gasteiger partial charge in [0.25, 0.3) is 0 Å². The van der Waals surface area contributed by atoms with Crippen LogP contribution in [0, 0.1) is 11.3 Å². The monoisotopic (exact) mass is 269 g/mol. The molecule has 7 heteroatoms. The van der Waals surface area contributed by atoms with Gasteiger partial charge < -0.3 is 10.5 Å². The van der Waals surface area contributed by atoms with Crippen molar-refractivity contribution < 1.29 is 27.4 Å². The van der Waals surface area contributed by atoms with Gasteiger partial charge in [-0.2, -0.15) is 0 Å². The zero-order valence-electron chi connectivity index (χ0n) is 10.3. The van der Waals surface area contributed by atoms with Crippen molar-refractivity contribution in [3.63, 3.8) is 0 Å². The van der Waals surface area contributed by atoms with E-state index in [9.17, 15) is 18.0 Å². The van der Waals surface area contributed by atoms with Gasteiger partial charge in [0.2, 0.25) is 0 Å². The molecule has 0 aromatic carbocycles. The lowest BCUT2D eigenvalue weighted by atomic mass is 9.79. The van der Waals surface area contributed by atoms with E-state index in [4.69, 9.17) is 5.73 Å². The quantitative estimate of drug-likeness (QED) is 0.716. The van der Waals surface area contributed by atoms with Gasteiger partial charge in [0.1, 0.15) is 0 Å². The molecule has 0 aromatic rings. The van der Waals surface area contributed by atoms with E-state index >= 15 is 0 Å². The standard InChI is InChI=1S/C11H18F3NO3/c1-17-9(16)10(7-15,6-8-2-3-8)4-5-18-11(12,13)14/h8H,2-7,15H2,1H3. The third-order valence-electron chi connectivity index (χ3n) is 3.23. The number of hydrogen-bond acceptors (Lipinski definition) is 4. The second-order valence-electron chi connectivity index (χ2n) is 4.67. The maximum absolute atomic E-state index is 11.9. The Labute approximate surface area is 104 Å². The lowest BCUT2D eigenvalue weighted by Crippen LogP contribution is -2.41. The number of rotatable bonds is 7. The van der Waals surface area contributed by atoms with Gasteiger partial charge in [-0.1, -0.05) is 12.8 Å². The molecule has 4 nitrogen and oxygen atoms in total. The van der Waals surface area contributed by atoms with Crippen LogP contribution in [0.1, 0.15) is 25.7 Å². The summed E-state index contributed by atoms with van der Waals surface area (Å²) in [6, 6.07) is 0. The van der Waals surface area contributed by atoms with Crippen LogP contribution >= 0.6 is 0 Å². The van der Waals surface area contributed by atoms with E-state index in [0.29, 0.717) is 12.3 Å². The van der Waals surface area contributed by atoms with Crippen LogP contribution in [0.2, 0.25) is 0 Å². The first-order chi connectivity index (χ1) is 8.33. The predicted octanol–water partition coefficient (Wildman–Crippen LogP) is 1.83. The van der Waals surface area contributed by atoms with Gasteiger partial charge in [0.05, 0.1) is 19.1 Å². The maximum atomic E-state index is 11.9. The molecule has 0 saturated heterocycles. The lowest BCUT2D eigenvalue weighted by molar-refractivity contribution is -0.326. The SMILES string of the molecule is COC(=O)C(CN)(CCOC(F)(F)F)CC1CC1. The van der Waals surface area contributed by atoms with Crippen LogP contribution in [-0.2, 0) is 14.3 Å². The van der Waals surface area contributed by atoms with E-state index in [2.05, 4.69) is 9.47 Å². The number of methoxy groups -OCH3 is 1. The minimum Gasteiger partial charge on any atom is -0.469 e. The molecule has 0 aromatic heterocycles. The number of esters is 1. The van der Waals surface area contributed by atoms with Crippen molar-refractivity contribution in [3.05, 3.63) is 0 Å². The van der Waals surface area contributed by atoms with Gasteiger partial charge >= 0.3 is 12.3 Å². The summed E-state index contributed by atoms with van der Waals surface area (Å²) in [6.07, 6.45) is -2.32. The average Bonchev–Trinajstić information content (AvgIpc) is 3.08. The van der Waals surface area contributed by atoms with Gasteiger partial charge in [-0.25, -0.2) is 0 Å². The van der Waals surface area contributed by atoms with Gasteiger partial charge in [0, 0.05) is 6.54 Å². The molecular weight excluding hydrogens is 251 g/mol. The van der Waals surface area contributed by atoms with Crippen LogP contribution in [0.3, 0.4) is 0 Å². The third-order valence-corrected chi connectivity index (χ3v) is 3.23. The van der Waals surface area contributed by atoms with Gasteiger partial charge in [-0.05, 0) is 18.8 Å². The Bertz CT molecular complexity index is 292. The van der Waals surface area contributed by atoms with Gasteiger partial charge in [0.15, 0.2) is 0 Å². The van der Waals surface area contributed by atoms with Crippen molar-refractivity contribution in [2.24, 2.45) is 17.1 Å². The van der Waals surface area contributed by atoms with Crippen molar-refractivity contribution in [2.45, 2.75) is 32.0 Å². The smallest absolute Gasteiger partial charge is 0.469 e. The molecule has 2 N–H and O–H groups in total. The summed E-state index contributed by atoms with van der Waals surface area (Å²) in [5.74, 6) is -0.193. The van der Waals surface area contributed by atoms with E-state index in [1.165, 1.54) is 7.11 Å². The number of carbonyl (C=O) groups excluding carboxylic acids is 1. The number of halogens is 3. The lowest BCUT2D eigenvalue weighted by Gasteiger charge is -2.29. The van der Waals surface area contributed by atoms with E-state index in [1.54, 1.807) is 0 Å². The Morgan fingerprint density at radius 2 is 2.00 bits per heavy atom. The Balaban J connectivity index is 2.60. The van der Waals surface area contributed by atoms with Crippen LogP contribution in [0.15, 0.2) is 0 Å². The highest BCUT2D eigenvalue weighted by atomic mass is 19.4. The highest BCUT2D eigenvalue weighted by Gasteiger charge is 2.43.